The first-order valence-corrected chi connectivity index (χ1v) is 5.66. The third-order valence-electron chi connectivity index (χ3n) is 2.73. The Labute approximate surface area is 96.6 Å². The van der Waals surface area contributed by atoms with Crippen molar-refractivity contribution in [1.82, 2.24) is 4.90 Å². The lowest BCUT2D eigenvalue weighted by Gasteiger charge is -2.29. The van der Waals surface area contributed by atoms with Crippen LogP contribution in [0.1, 0.15) is 33.6 Å². The van der Waals surface area contributed by atoms with Crippen molar-refractivity contribution in [2.75, 3.05) is 13.1 Å². The van der Waals surface area contributed by atoms with Crippen LogP contribution in [0.3, 0.4) is 0 Å². The van der Waals surface area contributed by atoms with Gasteiger partial charge in [0, 0.05) is 12.0 Å². The largest absolute Gasteiger partial charge is 0.480 e. The molecule has 0 aromatic heterocycles. The summed E-state index contributed by atoms with van der Waals surface area (Å²) in [4.78, 5) is 24.1. The highest BCUT2D eigenvalue weighted by atomic mass is 16.4. The molecule has 1 amide bonds. The van der Waals surface area contributed by atoms with Crippen LogP contribution in [0.5, 0.6) is 0 Å². The van der Waals surface area contributed by atoms with Gasteiger partial charge >= 0.3 is 5.97 Å². The molecule has 2 unspecified atom stereocenters. The number of nitrogens with zero attached hydrogens (tertiary/aromatic N) is 1. The van der Waals surface area contributed by atoms with Crippen LogP contribution in [-0.4, -0.2) is 41.0 Å². The van der Waals surface area contributed by atoms with Crippen LogP contribution in [0, 0.1) is 5.92 Å². The van der Waals surface area contributed by atoms with Crippen LogP contribution >= 0.6 is 0 Å². The summed E-state index contributed by atoms with van der Waals surface area (Å²) in [6, 6.07) is -0.0520. The highest BCUT2D eigenvalue weighted by Crippen LogP contribution is 2.11. The van der Waals surface area contributed by atoms with Crippen molar-refractivity contribution in [3.8, 4) is 0 Å². The molecule has 0 saturated heterocycles. The van der Waals surface area contributed by atoms with Gasteiger partial charge in [0.25, 0.3) is 0 Å². The Kier molecular flexibility index (Phi) is 6.72. The number of carbonyl (C=O) groups is 2. The Bertz CT molecular complexity index is 243. The fraction of sp³-hybridized carbons (Fsp3) is 0.818. The van der Waals surface area contributed by atoms with Gasteiger partial charge in [-0.05, 0) is 26.3 Å². The van der Waals surface area contributed by atoms with Crippen LogP contribution in [0.2, 0.25) is 0 Å². The van der Waals surface area contributed by atoms with E-state index in [2.05, 4.69) is 0 Å². The summed E-state index contributed by atoms with van der Waals surface area (Å²) < 4.78 is 0. The zero-order chi connectivity index (χ0) is 12.7. The summed E-state index contributed by atoms with van der Waals surface area (Å²) >= 11 is 0. The molecule has 0 aromatic carbocycles. The second-order valence-electron chi connectivity index (χ2n) is 4.10. The lowest BCUT2D eigenvalue weighted by atomic mass is 10.0. The molecule has 3 N–H and O–H groups in total. The molecule has 94 valence electrons. The van der Waals surface area contributed by atoms with Gasteiger partial charge in [0.15, 0.2) is 0 Å². The highest BCUT2D eigenvalue weighted by Gasteiger charge is 2.25. The molecule has 0 aliphatic carbocycles. The SMILES string of the molecule is CCC(C)N(CC(=O)O)C(=O)C(C)CCN. The fourth-order valence-corrected chi connectivity index (χ4v) is 1.47. The van der Waals surface area contributed by atoms with Gasteiger partial charge in [0.05, 0.1) is 0 Å². The van der Waals surface area contributed by atoms with E-state index in [0.29, 0.717) is 13.0 Å². The van der Waals surface area contributed by atoms with Crippen LogP contribution in [0.4, 0.5) is 0 Å². The number of carbonyl (C=O) groups excluding carboxylic acids is 1. The Morgan fingerprint density at radius 1 is 1.38 bits per heavy atom. The van der Waals surface area contributed by atoms with Crippen molar-refractivity contribution in [2.45, 2.75) is 39.7 Å². The predicted octanol–water partition coefficient (Wildman–Crippen LogP) is 0.683. The predicted molar refractivity (Wildman–Crippen MR) is 61.9 cm³/mol. The second-order valence-corrected chi connectivity index (χ2v) is 4.10. The zero-order valence-corrected chi connectivity index (χ0v) is 10.3. The summed E-state index contributed by atoms with van der Waals surface area (Å²) in [5.74, 6) is -1.31. The molecule has 0 aromatic rings. The number of aliphatic carboxylic acids is 1. The maximum absolute atomic E-state index is 12.0. The zero-order valence-electron chi connectivity index (χ0n) is 10.3. The maximum Gasteiger partial charge on any atom is 0.323 e. The van der Waals surface area contributed by atoms with Crippen molar-refractivity contribution in [1.29, 1.82) is 0 Å². The number of hydrogen-bond acceptors (Lipinski definition) is 3. The van der Waals surface area contributed by atoms with Gasteiger partial charge in [-0.1, -0.05) is 13.8 Å². The number of amides is 1. The summed E-state index contributed by atoms with van der Waals surface area (Å²) in [6.07, 6.45) is 1.33. The average molecular weight is 230 g/mol. The standard InChI is InChI=1S/C11H22N2O3/c1-4-9(3)13(7-10(14)15)11(16)8(2)5-6-12/h8-9H,4-7,12H2,1-3H3,(H,14,15). The first kappa shape index (κ1) is 14.9. The van der Waals surface area contributed by atoms with Crippen molar-refractivity contribution in [3.05, 3.63) is 0 Å². The molecule has 0 fully saturated rings. The smallest absolute Gasteiger partial charge is 0.323 e. The van der Waals surface area contributed by atoms with Crippen LogP contribution < -0.4 is 5.73 Å². The summed E-state index contributed by atoms with van der Waals surface area (Å²) in [7, 11) is 0. The fourth-order valence-electron chi connectivity index (χ4n) is 1.47. The molecule has 0 radical (unpaired) electrons. The molecule has 16 heavy (non-hydrogen) atoms. The molecule has 0 aliphatic rings. The minimum atomic E-state index is -0.978. The molecule has 5 nitrogen and oxygen atoms in total. The molecule has 0 rings (SSSR count). The topological polar surface area (TPSA) is 83.6 Å². The third-order valence-corrected chi connectivity index (χ3v) is 2.73. The number of carboxylic acid groups (broad SMARTS) is 1. The Morgan fingerprint density at radius 3 is 2.31 bits per heavy atom. The molecule has 0 saturated carbocycles. The van der Waals surface area contributed by atoms with Gasteiger partial charge < -0.3 is 15.7 Å². The first-order chi connectivity index (χ1) is 7.43. The summed E-state index contributed by atoms with van der Waals surface area (Å²) in [5.41, 5.74) is 5.39. The van der Waals surface area contributed by atoms with E-state index >= 15 is 0 Å². The Balaban J connectivity index is 4.61. The number of hydrogen-bond donors (Lipinski definition) is 2. The van der Waals surface area contributed by atoms with Gasteiger partial charge in [-0.2, -0.15) is 0 Å². The van der Waals surface area contributed by atoms with Crippen LogP contribution in [-0.2, 0) is 9.59 Å². The molecule has 5 heteroatoms. The van der Waals surface area contributed by atoms with Crippen molar-refractivity contribution in [2.24, 2.45) is 11.7 Å². The van der Waals surface area contributed by atoms with Gasteiger partial charge in [-0.25, -0.2) is 0 Å². The monoisotopic (exact) mass is 230 g/mol. The van der Waals surface area contributed by atoms with Crippen molar-refractivity contribution in [3.63, 3.8) is 0 Å². The molecule has 2 atom stereocenters. The number of nitrogens with two attached hydrogens (primary N) is 1. The lowest BCUT2D eigenvalue weighted by Crippen LogP contribution is -2.44. The van der Waals surface area contributed by atoms with Crippen LogP contribution in [0.25, 0.3) is 0 Å². The molecule has 0 bridgehead atoms. The minimum absolute atomic E-state index is 0.0520. The molecular weight excluding hydrogens is 208 g/mol. The van der Waals surface area contributed by atoms with E-state index in [-0.39, 0.29) is 24.4 Å². The highest BCUT2D eigenvalue weighted by molar-refractivity contribution is 5.83. The second kappa shape index (κ2) is 7.22. The van der Waals surface area contributed by atoms with E-state index in [4.69, 9.17) is 10.8 Å². The summed E-state index contributed by atoms with van der Waals surface area (Å²) in [6.45, 7) is 5.78. The summed E-state index contributed by atoms with van der Waals surface area (Å²) in [5, 5.41) is 8.77. The van der Waals surface area contributed by atoms with Crippen molar-refractivity contribution >= 4 is 11.9 Å². The minimum Gasteiger partial charge on any atom is -0.480 e. The molecular formula is C11H22N2O3. The van der Waals surface area contributed by atoms with E-state index in [1.165, 1.54) is 4.90 Å². The maximum atomic E-state index is 12.0. The number of carboxylic acids is 1. The van der Waals surface area contributed by atoms with Crippen molar-refractivity contribution < 1.29 is 14.7 Å². The normalized spacial score (nSPS) is 14.2. The van der Waals surface area contributed by atoms with E-state index in [9.17, 15) is 9.59 Å². The van der Waals surface area contributed by atoms with E-state index in [1.54, 1.807) is 6.92 Å². The van der Waals surface area contributed by atoms with Gasteiger partial charge in [0.2, 0.25) is 5.91 Å². The van der Waals surface area contributed by atoms with E-state index < -0.39 is 5.97 Å². The average Bonchev–Trinajstić information content (AvgIpc) is 2.24. The molecule has 0 aliphatic heterocycles. The van der Waals surface area contributed by atoms with Gasteiger partial charge in [-0.15, -0.1) is 0 Å². The Hall–Kier alpha value is -1.10. The third kappa shape index (κ3) is 4.61. The quantitative estimate of drug-likeness (QED) is 0.673. The Morgan fingerprint density at radius 2 is 1.94 bits per heavy atom. The molecule has 0 spiro atoms. The van der Waals surface area contributed by atoms with Gasteiger partial charge in [-0.3, -0.25) is 9.59 Å². The lowest BCUT2D eigenvalue weighted by molar-refractivity contribution is -0.147. The van der Waals surface area contributed by atoms with Crippen LogP contribution in [0.15, 0.2) is 0 Å². The van der Waals surface area contributed by atoms with E-state index in [1.807, 2.05) is 13.8 Å². The van der Waals surface area contributed by atoms with Gasteiger partial charge in [0.1, 0.15) is 6.54 Å². The number of rotatable bonds is 7. The first-order valence-electron chi connectivity index (χ1n) is 5.66. The molecule has 0 heterocycles. The van der Waals surface area contributed by atoms with E-state index in [0.717, 1.165) is 6.42 Å².